The highest BCUT2D eigenvalue weighted by Crippen LogP contribution is 2.37. The Bertz CT molecular complexity index is 755. The second-order valence-corrected chi connectivity index (χ2v) is 7.82. The van der Waals surface area contributed by atoms with E-state index in [-0.39, 0.29) is 10.9 Å². The summed E-state index contributed by atoms with van der Waals surface area (Å²) in [5.74, 6) is 0. The normalized spacial score (nSPS) is 19.2. The van der Waals surface area contributed by atoms with Crippen LogP contribution in [0.15, 0.2) is 34.8 Å². The van der Waals surface area contributed by atoms with Crippen molar-refractivity contribution in [2.75, 3.05) is 18.9 Å². The number of nitrogens with one attached hydrogen (secondary N) is 1. The van der Waals surface area contributed by atoms with Crippen LogP contribution in [0.2, 0.25) is 0 Å². The first kappa shape index (κ1) is 14.5. The molecule has 1 aliphatic rings. The Morgan fingerprint density at radius 1 is 1.43 bits per heavy atom. The van der Waals surface area contributed by atoms with Gasteiger partial charge in [0.25, 0.3) is 0 Å². The molecule has 21 heavy (non-hydrogen) atoms. The maximum absolute atomic E-state index is 13.0. The average Bonchev–Trinajstić information content (AvgIpc) is 2.96. The zero-order valence-corrected chi connectivity index (χ0v) is 13.5. The molecule has 1 unspecified atom stereocenters. The minimum Gasteiger partial charge on any atom is -0.387 e. The van der Waals surface area contributed by atoms with E-state index in [0.717, 1.165) is 12.0 Å². The quantitative estimate of drug-likeness (QED) is 0.942. The molecule has 1 aliphatic heterocycles. The molecule has 0 aliphatic carbocycles. The van der Waals surface area contributed by atoms with Crippen LogP contribution in [-0.4, -0.2) is 31.3 Å². The molecule has 2 aromatic heterocycles. The van der Waals surface area contributed by atoms with Gasteiger partial charge in [0.15, 0.2) is 0 Å². The molecule has 0 amide bonds. The molecule has 1 N–H and O–H groups in total. The molecule has 0 saturated carbocycles. The number of aromatic nitrogens is 1. The van der Waals surface area contributed by atoms with E-state index in [4.69, 9.17) is 0 Å². The molecule has 0 bridgehead atoms. The van der Waals surface area contributed by atoms with Gasteiger partial charge in [0.2, 0.25) is 10.0 Å². The Morgan fingerprint density at radius 2 is 2.24 bits per heavy atom. The first-order valence-electron chi connectivity index (χ1n) is 6.75. The van der Waals surface area contributed by atoms with Crippen molar-refractivity contribution in [3.63, 3.8) is 0 Å². The Balaban J connectivity index is 2.04. The van der Waals surface area contributed by atoms with Crippen LogP contribution >= 0.6 is 11.3 Å². The fourth-order valence-corrected chi connectivity index (χ4v) is 5.45. The van der Waals surface area contributed by atoms with Crippen LogP contribution < -0.4 is 5.32 Å². The van der Waals surface area contributed by atoms with Crippen molar-refractivity contribution in [1.29, 1.82) is 0 Å². The molecule has 112 valence electrons. The number of nitrogens with zero attached hydrogens (tertiary/aromatic N) is 2. The summed E-state index contributed by atoms with van der Waals surface area (Å²) in [4.78, 5) is 5.49. The summed E-state index contributed by atoms with van der Waals surface area (Å²) in [5, 5.41) is 4.95. The lowest BCUT2D eigenvalue weighted by molar-refractivity contribution is 0.329. The Hall–Kier alpha value is -1.44. The van der Waals surface area contributed by atoms with Gasteiger partial charge >= 0.3 is 0 Å². The molecule has 0 radical (unpaired) electrons. The zero-order valence-electron chi connectivity index (χ0n) is 11.9. The van der Waals surface area contributed by atoms with E-state index in [1.54, 1.807) is 35.0 Å². The Kier molecular flexibility index (Phi) is 3.73. The van der Waals surface area contributed by atoms with Crippen LogP contribution in [0.25, 0.3) is 0 Å². The fraction of sp³-hybridized carbons (Fsp3) is 0.357. The molecule has 1 atom stereocenters. The predicted octanol–water partition coefficient (Wildman–Crippen LogP) is 2.49. The molecule has 0 spiro atoms. The number of hydrogen-bond donors (Lipinski definition) is 1. The molecule has 2 aromatic rings. The average molecular weight is 323 g/mol. The molecular weight excluding hydrogens is 306 g/mol. The van der Waals surface area contributed by atoms with Crippen molar-refractivity contribution >= 4 is 27.0 Å². The van der Waals surface area contributed by atoms with Crippen molar-refractivity contribution < 1.29 is 8.42 Å². The molecule has 0 saturated heterocycles. The van der Waals surface area contributed by atoms with Gasteiger partial charge in [0, 0.05) is 36.9 Å². The smallest absolute Gasteiger partial charge is 0.247 e. The van der Waals surface area contributed by atoms with Gasteiger partial charge < -0.3 is 5.32 Å². The van der Waals surface area contributed by atoms with Crippen molar-refractivity contribution in [1.82, 2.24) is 9.29 Å². The molecule has 0 aromatic carbocycles. The summed E-state index contributed by atoms with van der Waals surface area (Å²) in [6.07, 6.45) is 3.77. The molecule has 0 fully saturated rings. The molecule has 3 heterocycles. The van der Waals surface area contributed by atoms with Gasteiger partial charge in [0.05, 0.1) is 5.69 Å². The van der Waals surface area contributed by atoms with E-state index in [9.17, 15) is 8.42 Å². The summed E-state index contributed by atoms with van der Waals surface area (Å²) >= 11 is 1.70. The lowest BCUT2D eigenvalue weighted by atomic mass is 10.0. The van der Waals surface area contributed by atoms with Crippen LogP contribution in [0.3, 0.4) is 0 Å². The number of fused-ring (bicyclic) bond motifs is 1. The molecule has 3 rings (SSSR count). The minimum atomic E-state index is -3.56. The first-order valence-corrected chi connectivity index (χ1v) is 9.07. The number of thiophene rings is 1. The van der Waals surface area contributed by atoms with Crippen molar-refractivity contribution in [2.45, 2.75) is 24.3 Å². The van der Waals surface area contributed by atoms with E-state index in [0.29, 0.717) is 12.2 Å². The van der Waals surface area contributed by atoms with Crippen LogP contribution in [-0.2, 0) is 16.4 Å². The van der Waals surface area contributed by atoms with Crippen molar-refractivity contribution in [3.05, 3.63) is 40.3 Å². The van der Waals surface area contributed by atoms with E-state index in [1.165, 1.54) is 11.1 Å². The SMILES string of the molecule is CNc1ccncc1S(=O)(=O)N1CCc2sccc2C1C. The van der Waals surface area contributed by atoms with Crippen molar-refractivity contribution in [2.24, 2.45) is 0 Å². The Morgan fingerprint density at radius 3 is 3.00 bits per heavy atom. The third kappa shape index (κ3) is 2.35. The summed E-state index contributed by atoms with van der Waals surface area (Å²) in [6.45, 7) is 2.45. The van der Waals surface area contributed by atoms with Crippen LogP contribution in [0, 0.1) is 0 Å². The fourth-order valence-electron chi connectivity index (χ4n) is 2.73. The lowest BCUT2D eigenvalue weighted by Crippen LogP contribution is -2.38. The number of hydrogen-bond acceptors (Lipinski definition) is 5. The van der Waals surface area contributed by atoms with Gasteiger partial charge in [-0.15, -0.1) is 11.3 Å². The van der Waals surface area contributed by atoms with Gasteiger partial charge in [-0.2, -0.15) is 4.31 Å². The molecule has 5 nitrogen and oxygen atoms in total. The van der Waals surface area contributed by atoms with Crippen LogP contribution in [0.5, 0.6) is 0 Å². The van der Waals surface area contributed by atoms with E-state index < -0.39 is 10.0 Å². The van der Waals surface area contributed by atoms with E-state index in [2.05, 4.69) is 10.3 Å². The highest BCUT2D eigenvalue weighted by Gasteiger charge is 2.35. The summed E-state index contributed by atoms with van der Waals surface area (Å²) in [5.41, 5.74) is 1.69. The maximum Gasteiger partial charge on any atom is 0.247 e. The van der Waals surface area contributed by atoms with Gasteiger partial charge in [0.1, 0.15) is 4.90 Å². The summed E-state index contributed by atoms with van der Waals surface area (Å²) in [7, 11) is -1.85. The van der Waals surface area contributed by atoms with Crippen LogP contribution in [0.1, 0.15) is 23.4 Å². The summed E-state index contributed by atoms with van der Waals surface area (Å²) in [6, 6.07) is 3.56. The second kappa shape index (κ2) is 5.40. The molecule has 7 heteroatoms. The Labute approximate surface area is 128 Å². The minimum absolute atomic E-state index is 0.144. The number of pyridine rings is 1. The zero-order chi connectivity index (χ0) is 15.0. The van der Waals surface area contributed by atoms with E-state index in [1.807, 2.05) is 18.4 Å². The molecular formula is C14H17N3O2S2. The standard InChI is InChI=1S/C14H17N3O2S2/c1-10-11-5-8-20-13(11)4-7-17(10)21(18,19)14-9-16-6-3-12(14)15-2/h3,5-6,8-10H,4,7H2,1-2H3,(H,15,16). The number of sulfonamides is 1. The van der Waals surface area contributed by atoms with Crippen LogP contribution in [0.4, 0.5) is 5.69 Å². The topological polar surface area (TPSA) is 62.3 Å². The third-order valence-corrected chi connectivity index (χ3v) is 6.86. The van der Waals surface area contributed by atoms with Crippen molar-refractivity contribution in [3.8, 4) is 0 Å². The highest BCUT2D eigenvalue weighted by atomic mass is 32.2. The number of anilines is 1. The van der Waals surface area contributed by atoms with Gasteiger partial charge in [-0.3, -0.25) is 4.98 Å². The first-order chi connectivity index (χ1) is 10.1. The maximum atomic E-state index is 13.0. The van der Waals surface area contributed by atoms with E-state index >= 15 is 0 Å². The summed E-state index contributed by atoms with van der Waals surface area (Å²) < 4.78 is 27.5. The second-order valence-electron chi connectivity index (χ2n) is 4.96. The monoisotopic (exact) mass is 323 g/mol. The van der Waals surface area contributed by atoms with Gasteiger partial charge in [-0.1, -0.05) is 0 Å². The lowest BCUT2D eigenvalue weighted by Gasteiger charge is -2.32. The van der Waals surface area contributed by atoms with Gasteiger partial charge in [-0.25, -0.2) is 8.42 Å². The van der Waals surface area contributed by atoms with Gasteiger partial charge in [-0.05, 0) is 36.4 Å². The third-order valence-electron chi connectivity index (χ3n) is 3.86. The number of rotatable bonds is 3. The highest BCUT2D eigenvalue weighted by molar-refractivity contribution is 7.89. The predicted molar refractivity (Wildman–Crippen MR) is 84.1 cm³/mol. The largest absolute Gasteiger partial charge is 0.387 e.